The summed E-state index contributed by atoms with van der Waals surface area (Å²) in [6, 6.07) is 3.17. The number of primary amides is 1. The Morgan fingerprint density at radius 2 is 2.17 bits per heavy atom. The van der Waals surface area contributed by atoms with E-state index in [1.54, 1.807) is 6.07 Å². The number of ether oxygens (including phenoxy) is 2. The molecule has 0 aromatic heterocycles. The molecule has 1 aromatic carbocycles. The van der Waals surface area contributed by atoms with E-state index in [0.717, 1.165) is 17.7 Å². The number of aliphatic hydroxyl groups is 1. The van der Waals surface area contributed by atoms with Gasteiger partial charge in [0.25, 0.3) is 0 Å². The van der Waals surface area contributed by atoms with Gasteiger partial charge in [0.05, 0.1) is 17.1 Å². The molecule has 5 rings (SSSR count). The van der Waals surface area contributed by atoms with Crippen LogP contribution in [0, 0.1) is 0 Å². The predicted molar refractivity (Wildman–Crippen MR) is 105 cm³/mol. The minimum atomic E-state index is -1.000. The van der Waals surface area contributed by atoms with Gasteiger partial charge in [-0.05, 0) is 50.9 Å². The van der Waals surface area contributed by atoms with Crippen LogP contribution >= 0.6 is 0 Å². The first-order valence-electron chi connectivity index (χ1n) is 10.4. The molecule has 5 atom stereocenters. The first-order valence-corrected chi connectivity index (χ1v) is 10.4. The van der Waals surface area contributed by atoms with Crippen LogP contribution < -0.4 is 15.8 Å². The van der Waals surface area contributed by atoms with Crippen molar-refractivity contribution in [2.75, 3.05) is 26.8 Å². The maximum absolute atomic E-state index is 12.4. The third-order valence-electron chi connectivity index (χ3n) is 7.55. The maximum atomic E-state index is 12.4. The van der Waals surface area contributed by atoms with Crippen LogP contribution in [0.5, 0.6) is 11.5 Å². The van der Waals surface area contributed by atoms with Gasteiger partial charge in [-0.1, -0.05) is 6.07 Å². The topological polar surface area (TPSA) is 134 Å². The van der Waals surface area contributed by atoms with Crippen molar-refractivity contribution in [3.05, 3.63) is 23.3 Å². The lowest BCUT2D eigenvalue weighted by Gasteiger charge is -2.63. The molecular formula is C21H27N3O6. The number of hydrogen-bond donors (Lipinski definition) is 4. The molecule has 5 unspecified atom stereocenters. The van der Waals surface area contributed by atoms with E-state index in [1.165, 1.54) is 0 Å². The van der Waals surface area contributed by atoms with E-state index < -0.39 is 23.0 Å². The van der Waals surface area contributed by atoms with Crippen molar-refractivity contribution in [1.29, 1.82) is 0 Å². The lowest BCUT2D eigenvalue weighted by atomic mass is 9.48. The predicted octanol–water partition coefficient (Wildman–Crippen LogP) is -0.837. The summed E-state index contributed by atoms with van der Waals surface area (Å²) in [5, 5.41) is 25.5. The molecule has 0 radical (unpaired) electrons. The van der Waals surface area contributed by atoms with Gasteiger partial charge in [-0.3, -0.25) is 9.59 Å². The number of hydrogen-bond acceptors (Lipinski definition) is 7. The van der Waals surface area contributed by atoms with Gasteiger partial charge >= 0.3 is 0 Å². The number of phenols is 1. The lowest BCUT2D eigenvalue weighted by molar-refractivity contribution is -0.187. The number of likely N-dealkylation sites (N-methyl/N-ethyl adjacent to an activating group) is 1. The van der Waals surface area contributed by atoms with E-state index in [-0.39, 0.29) is 37.0 Å². The van der Waals surface area contributed by atoms with Crippen LogP contribution in [0.15, 0.2) is 12.1 Å². The van der Waals surface area contributed by atoms with Gasteiger partial charge in [0, 0.05) is 11.6 Å². The number of phenolic OH excluding ortho intramolecular Hbond substituents is 1. The van der Waals surface area contributed by atoms with Crippen molar-refractivity contribution in [2.45, 2.75) is 54.9 Å². The van der Waals surface area contributed by atoms with E-state index in [2.05, 4.69) is 10.2 Å². The van der Waals surface area contributed by atoms with Crippen LogP contribution in [-0.2, 0) is 26.2 Å². The average Bonchev–Trinajstić information content (AvgIpc) is 3.04. The summed E-state index contributed by atoms with van der Waals surface area (Å²) in [4.78, 5) is 25.5. The van der Waals surface area contributed by atoms with E-state index >= 15 is 0 Å². The van der Waals surface area contributed by atoms with Gasteiger partial charge in [0.15, 0.2) is 11.5 Å². The highest BCUT2D eigenvalue weighted by molar-refractivity contribution is 5.79. The SMILES string of the molecule is CN1CCC23c4c5ccc(O)c4OC2C(NC(=O)COCC(N)=O)CCC3(O)C1C5. The first kappa shape index (κ1) is 19.6. The van der Waals surface area contributed by atoms with Crippen LogP contribution in [-0.4, -0.2) is 77.5 Å². The van der Waals surface area contributed by atoms with E-state index in [4.69, 9.17) is 15.2 Å². The van der Waals surface area contributed by atoms with Gasteiger partial charge in [0.1, 0.15) is 19.3 Å². The zero-order valence-electron chi connectivity index (χ0n) is 16.9. The highest BCUT2D eigenvalue weighted by Crippen LogP contribution is 2.65. The van der Waals surface area contributed by atoms with Crippen LogP contribution in [0.4, 0.5) is 0 Å². The Hall–Kier alpha value is -2.36. The van der Waals surface area contributed by atoms with Crippen molar-refractivity contribution in [1.82, 2.24) is 10.2 Å². The Bertz CT molecular complexity index is 922. The molecule has 9 nitrogen and oxygen atoms in total. The molecular weight excluding hydrogens is 390 g/mol. The fourth-order valence-electron chi connectivity index (χ4n) is 6.39. The molecule has 2 fully saturated rings. The second-order valence-corrected chi connectivity index (χ2v) is 9.00. The van der Waals surface area contributed by atoms with Gasteiger partial charge < -0.3 is 35.6 Å². The number of piperidine rings is 1. The summed E-state index contributed by atoms with van der Waals surface area (Å²) in [7, 11) is 2.04. The summed E-state index contributed by atoms with van der Waals surface area (Å²) in [6.07, 6.45) is 1.94. The van der Waals surface area contributed by atoms with Gasteiger partial charge in [-0.25, -0.2) is 0 Å². The molecule has 1 saturated carbocycles. The summed E-state index contributed by atoms with van der Waals surface area (Å²) in [5.74, 6) is -0.508. The van der Waals surface area contributed by atoms with E-state index in [0.29, 0.717) is 31.4 Å². The maximum Gasteiger partial charge on any atom is 0.246 e. The molecule has 1 aromatic rings. The summed E-state index contributed by atoms with van der Waals surface area (Å²) >= 11 is 0. The Morgan fingerprint density at radius 3 is 2.93 bits per heavy atom. The fraction of sp³-hybridized carbons (Fsp3) is 0.619. The van der Waals surface area contributed by atoms with Crippen LogP contribution in [0.2, 0.25) is 0 Å². The molecule has 5 N–H and O–H groups in total. The highest BCUT2D eigenvalue weighted by atomic mass is 16.5. The van der Waals surface area contributed by atoms with E-state index in [9.17, 15) is 19.8 Å². The number of aromatic hydroxyl groups is 1. The summed E-state index contributed by atoms with van der Waals surface area (Å²) in [6.45, 7) is 0.195. The second kappa shape index (κ2) is 6.57. The molecule has 1 spiro atoms. The van der Waals surface area contributed by atoms with Crippen LogP contribution in [0.3, 0.4) is 0 Å². The zero-order chi connectivity index (χ0) is 21.3. The molecule has 9 heteroatoms. The Kier molecular flexibility index (Phi) is 4.29. The van der Waals surface area contributed by atoms with Crippen LogP contribution in [0.25, 0.3) is 0 Å². The number of carbonyl (C=O) groups is 2. The molecule has 162 valence electrons. The monoisotopic (exact) mass is 417 g/mol. The number of carbonyl (C=O) groups excluding carboxylic acids is 2. The third kappa shape index (κ3) is 2.45. The van der Waals surface area contributed by atoms with Crippen molar-refractivity contribution >= 4 is 11.8 Å². The van der Waals surface area contributed by atoms with Crippen LogP contribution in [0.1, 0.15) is 30.4 Å². The molecule has 2 bridgehead atoms. The number of nitrogens with one attached hydrogen (secondary N) is 1. The lowest BCUT2D eigenvalue weighted by Crippen LogP contribution is -2.77. The third-order valence-corrected chi connectivity index (χ3v) is 7.55. The smallest absolute Gasteiger partial charge is 0.246 e. The standard InChI is InChI=1S/C21H27N3O6/c1-24-7-6-20-17-11-2-3-13(25)18(17)30-19(20)12(4-5-21(20,28)14(24)8-11)23-16(27)10-29-9-15(22)26/h2-3,12,14,19,25,28H,4-10H2,1H3,(H2,22,26)(H,23,27). The Morgan fingerprint density at radius 1 is 1.37 bits per heavy atom. The molecule has 2 heterocycles. The number of benzene rings is 1. The zero-order valence-corrected chi connectivity index (χ0v) is 16.9. The van der Waals surface area contributed by atoms with Crippen molar-refractivity contribution < 1.29 is 29.3 Å². The van der Waals surface area contributed by atoms with Crippen molar-refractivity contribution in [2.24, 2.45) is 5.73 Å². The van der Waals surface area contributed by atoms with Gasteiger partial charge in [0.2, 0.25) is 11.8 Å². The Balaban J connectivity index is 1.50. The molecule has 30 heavy (non-hydrogen) atoms. The van der Waals surface area contributed by atoms with Gasteiger partial charge in [-0.15, -0.1) is 0 Å². The number of nitrogens with two attached hydrogens (primary N) is 1. The number of likely N-dealkylation sites (tertiary alicyclic amines) is 1. The van der Waals surface area contributed by atoms with Crippen molar-refractivity contribution in [3.8, 4) is 11.5 Å². The highest BCUT2D eigenvalue weighted by Gasteiger charge is 2.72. The molecule has 2 amide bonds. The van der Waals surface area contributed by atoms with E-state index in [1.807, 2.05) is 13.1 Å². The number of rotatable bonds is 5. The number of amides is 2. The Labute approximate surface area is 174 Å². The fourth-order valence-corrected chi connectivity index (χ4v) is 6.39. The first-order chi connectivity index (χ1) is 14.3. The van der Waals surface area contributed by atoms with Crippen molar-refractivity contribution in [3.63, 3.8) is 0 Å². The number of nitrogens with zero attached hydrogens (tertiary/aromatic N) is 1. The quantitative estimate of drug-likeness (QED) is 0.491. The largest absolute Gasteiger partial charge is 0.504 e. The second-order valence-electron chi connectivity index (χ2n) is 9.00. The van der Waals surface area contributed by atoms with Gasteiger partial charge in [-0.2, -0.15) is 0 Å². The summed E-state index contributed by atoms with van der Waals surface area (Å²) < 4.78 is 11.3. The molecule has 4 aliphatic rings. The average molecular weight is 417 g/mol. The minimum Gasteiger partial charge on any atom is -0.504 e. The molecule has 2 aliphatic carbocycles. The minimum absolute atomic E-state index is 0.0455. The molecule has 2 aliphatic heterocycles. The molecule has 1 saturated heterocycles. The normalized spacial score (nSPS) is 36.0. The summed E-state index contributed by atoms with van der Waals surface area (Å²) in [5.41, 5.74) is 5.35.